The van der Waals surface area contributed by atoms with Gasteiger partial charge in [-0.2, -0.15) is 0 Å². The van der Waals surface area contributed by atoms with Crippen LogP contribution in [0.5, 0.6) is 0 Å². The summed E-state index contributed by atoms with van der Waals surface area (Å²) in [6, 6.07) is 1.26. The highest BCUT2D eigenvalue weighted by atomic mass is 35.5. The Hall–Kier alpha value is -0.850. The second kappa shape index (κ2) is 5.50. The number of fused-ring (bicyclic) bond motifs is 2. The summed E-state index contributed by atoms with van der Waals surface area (Å²) in [6.45, 7) is 1.92. The monoisotopic (exact) mass is 315 g/mol. The van der Waals surface area contributed by atoms with Crippen molar-refractivity contribution in [2.24, 2.45) is 0 Å². The van der Waals surface area contributed by atoms with Crippen molar-refractivity contribution in [3.05, 3.63) is 10.0 Å². The van der Waals surface area contributed by atoms with Crippen molar-refractivity contribution >= 4 is 34.0 Å². The molecule has 0 N–H and O–H groups in total. The van der Waals surface area contributed by atoms with Crippen LogP contribution < -0.4 is 4.90 Å². The Bertz CT molecular complexity index is 522. The lowest BCUT2D eigenvalue weighted by molar-refractivity contribution is 0.0606. The number of likely N-dealkylation sites (N-methyl/N-ethyl adjacent to an activating group) is 1. The summed E-state index contributed by atoms with van der Waals surface area (Å²) in [4.78, 5) is 21.1. The van der Waals surface area contributed by atoms with Crippen molar-refractivity contribution in [3.8, 4) is 0 Å². The zero-order chi connectivity index (χ0) is 14.3. The summed E-state index contributed by atoms with van der Waals surface area (Å²) in [5, 5.41) is 1.08. The molecule has 3 rings (SSSR count). The van der Waals surface area contributed by atoms with Crippen LogP contribution in [-0.4, -0.2) is 55.2 Å². The van der Waals surface area contributed by atoms with E-state index in [1.54, 1.807) is 0 Å². The Kier molecular flexibility index (Phi) is 3.88. The van der Waals surface area contributed by atoms with Gasteiger partial charge in [-0.3, -0.25) is 4.90 Å². The van der Waals surface area contributed by atoms with E-state index in [0.717, 1.165) is 24.6 Å². The van der Waals surface area contributed by atoms with Gasteiger partial charge in [0.25, 0.3) is 0 Å². The Morgan fingerprint density at radius 2 is 2.15 bits per heavy atom. The molecule has 2 bridgehead atoms. The molecular formula is C13H18ClN3O2S. The lowest BCUT2D eigenvalue weighted by Gasteiger charge is -2.25. The molecule has 5 nitrogen and oxygen atoms in total. The van der Waals surface area contributed by atoms with Gasteiger partial charge in [-0.05, 0) is 26.3 Å². The number of hydrogen-bond acceptors (Lipinski definition) is 6. The summed E-state index contributed by atoms with van der Waals surface area (Å²) in [5.74, 6) is -0.410. The molecule has 0 amide bonds. The third-order valence-corrected chi connectivity index (χ3v) is 5.85. The zero-order valence-electron chi connectivity index (χ0n) is 11.6. The molecule has 0 aliphatic carbocycles. The minimum atomic E-state index is -0.410. The van der Waals surface area contributed by atoms with Crippen LogP contribution in [0.4, 0.5) is 5.13 Å². The normalized spacial score (nSPS) is 26.6. The van der Waals surface area contributed by atoms with E-state index in [9.17, 15) is 4.79 Å². The third-order valence-electron chi connectivity index (χ3n) is 4.36. The first-order valence-electron chi connectivity index (χ1n) is 6.81. The van der Waals surface area contributed by atoms with Crippen LogP contribution in [0.1, 0.15) is 28.9 Å². The van der Waals surface area contributed by atoms with E-state index in [0.29, 0.717) is 17.0 Å². The summed E-state index contributed by atoms with van der Waals surface area (Å²) in [5.41, 5.74) is 0. The Morgan fingerprint density at radius 3 is 2.90 bits per heavy atom. The van der Waals surface area contributed by atoms with Gasteiger partial charge < -0.3 is 9.64 Å². The van der Waals surface area contributed by atoms with Crippen molar-refractivity contribution < 1.29 is 9.53 Å². The molecule has 2 atom stereocenters. The van der Waals surface area contributed by atoms with Crippen LogP contribution in [0, 0.1) is 0 Å². The fraction of sp³-hybridized carbons (Fsp3) is 0.692. The van der Waals surface area contributed by atoms with E-state index >= 15 is 0 Å². The number of carbonyl (C=O) groups excluding carboxylic acids is 1. The molecule has 7 heteroatoms. The maximum absolute atomic E-state index is 11.6. The SMILES string of the molecule is COC(=O)c1sc(N2CC[C@H]3CC[C@@H](C2)N3C)nc1Cl. The molecule has 2 aliphatic rings. The lowest BCUT2D eigenvalue weighted by Crippen LogP contribution is -2.36. The zero-order valence-corrected chi connectivity index (χ0v) is 13.2. The van der Waals surface area contributed by atoms with Gasteiger partial charge in [-0.1, -0.05) is 22.9 Å². The highest BCUT2D eigenvalue weighted by Gasteiger charge is 2.35. The van der Waals surface area contributed by atoms with E-state index in [4.69, 9.17) is 16.3 Å². The predicted molar refractivity (Wildman–Crippen MR) is 79.9 cm³/mol. The molecule has 1 aromatic heterocycles. The van der Waals surface area contributed by atoms with Gasteiger partial charge in [0, 0.05) is 25.2 Å². The molecule has 0 aromatic carbocycles. The fourth-order valence-corrected chi connectivity index (χ4v) is 4.36. The summed E-state index contributed by atoms with van der Waals surface area (Å²) in [7, 11) is 3.57. The summed E-state index contributed by atoms with van der Waals surface area (Å²) >= 11 is 7.37. The number of carbonyl (C=O) groups is 1. The van der Waals surface area contributed by atoms with Gasteiger partial charge in [0.2, 0.25) is 0 Å². The molecule has 3 heterocycles. The molecule has 0 unspecified atom stereocenters. The third kappa shape index (κ3) is 2.40. The number of esters is 1. The quantitative estimate of drug-likeness (QED) is 0.783. The van der Waals surface area contributed by atoms with Crippen molar-refractivity contribution in [2.75, 3.05) is 32.1 Å². The molecule has 110 valence electrons. The van der Waals surface area contributed by atoms with Crippen molar-refractivity contribution in [1.82, 2.24) is 9.88 Å². The van der Waals surface area contributed by atoms with E-state index < -0.39 is 5.97 Å². The van der Waals surface area contributed by atoms with Crippen molar-refractivity contribution in [2.45, 2.75) is 31.3 Å². The smallest absolute Gasteiger partial charge is 0.351 e. The van der Waals surface area contributed by atoms with Gasteiger partial charge in [-0.25, -0.2) is 9.78 Å². The Labute approximate surface area is 127 Å². The number of methoxy groups -OCH3 is 1. The molecule has 2 fully saturated rings. The number of hydrogen-bond donors (Lipinski definition) is 0. The number of rotatable bonds is 2. The number of ether oxygens (including phenoxy) is 1. The Balaban J connectivity index is 1.81. The first-order chi connectivity index (χ1) is 9.60. The molecule has 20 heavy (non-hydrogen) atoms. The molecular weight excluding hydrogens is 298 g/mol. The number of aromatic nitrogens is 1. The van der Waals surface area contributed by atoms with E-state index in [1.807, 2.05) is 0 Å². The average molecular weight is 316 g/mol. The minimum Gasteiger partial charge on any atom is -0.465 e. The van der Waals surface area contributed by atoms with E-state index in [1.165, 1.54) is 31.3 Å². The fourth-order valence-electron chi connectivity index (χ4n) is 3.13. The second-order valence-corrected chi connectivity index (χ2v) is 6.73. The largest absolute Gasteiger partial charge is 0.465 e. The van der Waals surface area contributed by atoms with Crippen LogP contribution in [0.25, 0.3) is 0 Å². The van der Waals surface area contributed by atoms with Crippen LogP contribution in [-0.2, 0) is 4.74 Å². The second-order valence-electron chi connectivity index (χ2n) is 5.39. The number of nitrogens with zero attached hydrogens (tertiary/aromatic N) is 3. The highest BCUT2D eigenvalue weighted by Crippen LogP contribution is 2.34. The molecule has 2 saturated heterocycles. The predicted octanol–water partition coefficient (Wildman–Crippen LogP) is 2.26. The van der Waals surface area contributed by atoms with Crippen LogP contribution in [0.15, 0.2) is 0 Å². The van der Waals surface area contributed by atoms with Crippen LogP contribution >= 0.6 is 22.9 Å². The topological polar surface area (TPSA) is 45.7 Å². The Morgan fingerprint density at radius 1 is 1.40 bits per heavy atom. The first-order valence-corrected chi connectivity index (χ1v) is 8.01. The van der Waals surface area contributed by atoms with Gasteiger partial charge in [0.1, 0.15) is 0 Å². The number of thiazole rings is 1. The maximum Gasteiger partial charge on any atom is 0.351 e. The molecule has 2 aliphatic heterocycles. The van der Waals surface area contributed by atoms with E-state index in [-0.39, 0.29) is 5.15 Å². The maximum atomic E-state index is 11.6. The van der Waals surface area contributed by atoms with Crippen LogP contribution in [0.3, 0.4) is 0 Å². The summed E-state index contributed by atoms with van der Waals surface area (Å²) in [6.07, 6.45) is 3.67. The highest BCUT2D eigenvalue weighted by molar-refractivity contribution is 7.18. The minimum absolute atomic E-state index is 0.250. The van der Waals surface area contributed by atoms with E-state index in [2.05, 4.69) is 21.8 Å². The lowest BCUT2D eigenvalue weighted by atomic mass is 10.1. The molecule has 0 saturated carbocycles. The number of anilines is 1. The van der Waals surface area contributed by atoms with Crippen LogP contribution in [0.2, 0.25) is 5.15 Å². The summed E-state index contributed by atoms with van der Waals surface area (Å²) < 4.78 is 4.73. The molecule has 0 spiro atoms. The standard InChI is InChI=1S/C13H18ClN3O2S/c1-16-8-3-4-9(16)7-17(6-5-8)13-15-11(14)10(20-13)12(18)19-2/h8-9H,3-7H2,1-2H3/t8-,9+/m1/s1. The van der Waals surface area contributed by atoms with Gasteiger partial charge in [-0.15, -0.1) is 0 Å². The van der Waals surface area contributed by atoms with Gasteiger partial charge in [0.15, 0.2) is 15.2 Å². The van der Waals surface area contributed by atoms with Gasteiger partial charge in [0.05, 0.1) is 7.11 Å². The van der Waals surface area contributed by atoms with Crippen molar-refractivity contribution in [1.29, 1.82) is 0 Å². The number of halogens is 1. The molecule has 1 aromatic rings. The van der Waals surface area contributed by atoms with Gasteiger partial charge >= 0.3 is 5.97 Å². The first kappa shape index (κ1) is 14.1. The average Bonchev–Trinajstić information content (AvgIpc) is 2.90. The van der Waals surface area contributed by atoms with Crippen molar-refractivity contribution in [3.63, 3.8) is 0 Å². The molecule has 0 radical (unpaired) electrons.